The number of rotatable bonds is 5. The summed E-state index contributed by atoms with van der Waals surface area (Å²) >= 11 is 0. The minimum Gasteiger partial charge on any atom is -0.484 e. The van der Waals surface area contributed by atoms with Crippen LogP contribution in [0.4, 0.5) is 0 Å². The zero-order chi connectivity index (χ0) is 13.7. The summed E-state index contributed by atoms with van der Waals surface area (Å²) in [6.45, 7) is 1.81. The van der Waals surface area contributed by atoms with E-state index in [9.17, 15) is 10.1 Å². The van der Waals surface area contributed by atoms with Gasteiger partial charge in [-0.05, 0) is 43.6 Å². The first kappa shape index (κ1) is 13.4. The summed E-state index contributed by atoms with van der Waals surface area (Å²) < 4.78 is 5.19. The van der Waals surface area contributed by atoms with Gasteiger partial charge in [0.1, 0.15) is 11.8 Å². The minimum atomic E-state index is -0.504. The van der Waals surface area contributed by atoms with Crippen LogP contribution in [0.25, 0.3) is 0 Å². The fourth-order valence-electron chi connectivity index (χ4n) is 2.27. The van der Waals surface area contributed by atoms with E-state index in [4.69, 9.17) is 10.5 Å². The van der Waals surface area contributed by atoms with Crippen molar-refractivity contribution < 1.29 is 9.53 Å². The van der Waals surface area contributed by atoms with E-state index in [0.717, 1.165) is 31.5 Å². The molecule has 2 N–H and O–H groups in total. The summed E-state index contributed by atoms with van der Waals surface area (Å²) in [7, 11) is 0. The van der Waals surface area contributed by atoms with Gasteiger partial charge < -0.3 is 10.5 Å². The molecule has 19 heavy (non-hydrogen) atoms. The first-order valence-corrected chi connectivity index (χ1v) is 6.35. The predicted octanol–water partition coefficient (Wildman–Crippen LogP) is 1.21. The molecule has 0 saturated carbocycles. The van der Waals surface area contributed by atoms with Gasteiger partial charge in [0, 0.05) is 0 Å². The van der Waals surface area contributed by atoms with Crippen LogP contribution in [0.2, 0.25) is 0 Å². The third kappa shape index (κ3) is 3.46. The molecule has 100 valence electrons. The van der Waals surface area contributed by atoms with E-state index < -0.39 is 5.91 Å². The summed E-state index contributed by atoms with van der Waals surface area (Å²) in [6, 6.07) is 9.39. The first-order valence-electron chi connectivity index (χ1n) is 6.35. The van der Waals surface area contributed by atoms with Crippen LogP contribution in [0.15, 0.2) is 24.3 Å². The number of carbonyl (C=O) groups is 1. The molecule has 5 heteroatoms. The SMILES string of the molecule is N#CC(c1ccc(OCC(N)=O)cc1)N1CCCC1. The molecule has 0 aliphatic carbocycles. The Morgan fingerprint density at radius 3 is 2.53 bits per heavy atom. The lowest BCUT2D eigenvalue weighted by Gasteiger charge is -2.21. The minimum absolute atomic E-state index is 0.132. The van der Waals surface area contributed by atoms with Gasteiger partial charge in [0.05, 0.1) is 6.07 Å². The number of nitrogens with zero attached hydrogens (tertiary/aromatic N) is 2. The molecule has 0 aromatic heterocycles. The predicted molar refractivity (Wildman–Crippen MR) is 70.3 cm³/mol. The summed E-state index contributed by atoms with van der Waals surface area (Å²) in [5, 5.41) is 9.30. The summed E-state index contributed by atoms with van der Waals surface area (Å²) in [6.07, 6.45) is 2.30. The number of hydrogen-bond acceptors (Lipinski definition) is 4. The molecule has 1 aliphatic rings. The Kier molecular flexibility index (Phi) is 4.37. The fourth-order valence-corrected chi connectivity index (χ4v) is 2.27. The number of amides is 1. The fraction of sp³-hybridized carbons (Fsp3) is 0.429. The highest BCUT2D eigenvalue weighted by molar-refractivity contribution is 5.75. The van der Waals surface area contributed by atoms with Crippen molar-refractivity contribution in [3.8, 4) is 11.8 Å². The molecule has 1 saturated heterocycles. The number of benzene rings is 1. The molecule has 1 amide bonds. The van der Waals surface area contributed by atoms with Crippen molar-refractivity contribution in [1.29, 1.82) is 5.26 Å². The molecule has 1 unspecified atom stereocenters. The molecule has 1 heterocycles. The van der Waals surface area contributed by atoms with E-state index in [-0.39, 0.29) is 12.6 Å². The Balaban J connectivity index is 2.04. The second-order valence-electron chi connectivity index (χ2n) is 4.60. The van der Waals surface area contributed by atoms with E-state index in [0.29, 0.717) is 5.75 Å². The van der Waals surface area contributed by atoms with Crippen LogP contribution in [-0.2, 0) is 4.79 Å². The normalized spacial score (nSPS) is 16.8. The van der Waals surface area contributed by atoms with Crippen molar-refractivity contribution in [2.75, 3.05) is 19.7 Å². The molecule has 1 aliphatic heterocycles. The molecule has 0 spiro atoms. The van der Waals surface area contributed by atoms with Gasteiger partial charge in [0.25, 0.3) is 5.91 Å². The van der Waals surface area contributed by atoms with Gasteiger partial charge >= 0.3 is 0 Å². The molecule has 1 aromatic rings. The van der Waals surface area contributed by atoms with Crippen molar-refractivity contribution in [3.63, 3.8) is 0 Å². The lowest BCUT2D eigenvalue weighted by atomic mass is 10.1. The second kappa shape index (κ2) is 6.21. The maximum atomic E-state index is 10.6. The maximum absolute atomic E-state index is 10.6. The van der Waals surface area contributed by atoms with Gasteiger partial charge in [0.15, 0.2) is 6.61 Å². The van der Waals surface area contributed by atoms with E-state index in [1.807, 2.05) is 12.1 Å². The Bertz CT molecular complexity index is 472. The van der Waals surface area contributed by atoms with Crippen molar-refractivity contribution in [2.24, 2.45) is 5.73 Å². The smallest absolute Gasteiger partial charge is 0.255 e. The van der Waals surface area contributed by atoms with Crippen LogP contribution in [0, 0.1) is 11.3 Å². The molecule has 1 fully saturated rings. The van der Waals surface area contributed by atoms with Gasteiger partial charge in [-0.15, -0.1) is 0 Å². The van der Waals surface area contributed by atoms with Gasteiger partial charge in [-0.3, -0.25) is 9.69 Å². The molecule has 0 radical (unpaired) electrons. The molecular weight excluding hydrogens is 242 g/mol. The van der Waals surface area contributed by atoms with Crippen molar-refractivity contribution in [1.82, 2.24) is 4.90 Å². The molecular formula is C14H17N3O2. The Hall–Kier alpha value is -2.06. The lowest BCUT2D eigenvalue weighted by molar-refractivity contribution is -0.119. The van der Waals surface area contributed by atoms with E-state index in [2.05, 4.69) is 11.0 Å². The number of hydrogen-bond donors (Lipinski definition) is 1. The van der Waals surface area contributed by atoms with E-state index in [1.54, 1.807) is 12.1 Å². The Labute approximate surface area is 112 Å². The van der Waals surface area contributed by atoms with E-state index >= 15 is 0 Å². The quantitative estimate of drug-likeness (QED) is 0.862. The van der Waals surface area contributed by atoms with Gasteiger partial charge in [-0.2, -0.15) is 5.26 Å². The third-order valence-corrected chi connectivity index (χ3v) is 3.21. The highest BCUT2D eigenvalue weighted by Crippen LogP contribution is 2.25. The highest BCUT2D eigenvalue weighted by Gasteiger charge is 2.22. The number of primary amides is 1. The number of carbonyl (C=O) groups excluding carboxylic acids is 1. The van der Waals surface area contributed by atoms with Crippen molar-refractivity contribution >= 4 is 5.91 Å². The number of nitriles is 1. The monoisotopic (exact) mass is 259 g/mol. The van der Waals surface area contributed by atoms with E-state index in [1.165, 1.54) is 0 Å². The van der Waals surface area contributed by atoms with Crippen LogP contribution in [-0.4, -0.2) is 30.5 Å². The van der Waals surface area contributed by atoms with Crippen LogP contribution in [0.5, 0.6) is 5.75 Å². The lowest BCUT2D eigenvalue weighted by Crippen LogP contribution is -2.24. The number of nitrogens with two attached hydrogens (primary N) is 1. The Morgan fingerprint density at radius 1 is 1.37 bits per heavy atom. The Morgan fingerprint density at radius 2 is 2.00 bits per heavy atom. The highest BCUT2D eigenvalue weighted by atomic mass is 16.5. The van der Waals surface area contributed by atoms with Gasteiger partial charge in [-0.1, -0.05) is 12.1 Å². The number of likely N-dealkylation sites (tertiary alicyclic amines) is 1. The second-order valence-corrected chi connectivity index (χ2v) is 4.60. The molecule has 2 rings (SSSR count). The number of ether oxygens (including phenoxy) is 1. The first-order chi connectivity index (χ1) is 9.20. The molecule has 1 aromatic carbocycles. The van der Waals surface area contributed by atoms with Crippen LogP contribution in [0.3, 0.4) is 0 Å². The summed E-state index contributed by atoms with van der Waals surface area (Å²) in [5.74, 6) is 0.0803. The summed E-state index contributed by atoms with van der Waals surface area (Å²) in [4.78, 5) is 12.8. The third-order valence-electron chi connectivity index (χ3n) is 3.21. The van der Waals surface area contributed by atoms with Crippen LogP contribution >= 0.6 is 0 Å². The van der Waals surface area contributed by atoms with Crippen LogP contribution < -0.4 is 10.5 Å². The van der Waals surface area contributed by atoms with Crippen molar-refractivity contribution in [3.05, 3.63) is 29.8 Å². The zero-order valence-corrected chi connectivity index (χ0v) is 10.7. The zero-order valence-electron chi connectivity index (χ0n) is 10.7. The van der Waals surface area contributed by atoms with Gasteiger partial charge in [0.2, 0.25) is 0 Å². The average molecular weight is 259 g/mol. The largest absolute Gasteiger partial charge is 0.484 e. The molecule has 5 nitrogen and oxygen atoms in total. The van der Waals surface area contributed by atoms with Crippen LogP contribution in [0.1, 0.15) is 24.4 Å². The molecule has 1 atom stereocenters. The topological polar surface area (TPSA) is 79.3 Å². The van der Waals surface area contributed by atoms with Crippen molar-refractivity contribution in [2.45, 2.75) is 18.9 Å². The summed E-state index contributed by atoms with van der Waals surface area (Å²) in [5.41, 5.74) is 5.96. The average Bonchev–Trinajstić information content (AvgIpc) is 2.92. The maximum Gasteiger partial charge on any atom is 0.255 e. The molecule has 0 bridgehead atoms. The standard InChI is InChI=1S/C14H17N3O2/c15-9-13(17-7-1-2-8-17)11-3-5-12(6-4-11)19-10-14(16)18/h3-6,13H,1-2,7-8,10H2,(H2,16,18). The van der Waals surface area contributed by atoms with Gasteiger partial charge in [-0.25, -0.2) is 0 Å².